The predicted octanol–water partition coefficient (Wildman–Crippen LogP) is 3.32. The lowest BCUT2D eigenvalue weighted by Crippen LogP contribution is -2.14. The summed E-state index contributed by atoms with van der Waals surface area (Å²) in [6.07, 6.45) is 1.75. The Balaban J connectivity index is 1.72. The minimum Gasteiger partial charge on any atom is -0.443 e. The Kier molecular flexibility index (Phi) is 3.21. The molecule has 0 spiro atoms. The van der Waals surface area contributed by atoms with Crippen molar-refractivity contribution in [3.63, 3.8) is 0 Å². The summed E-state index contributed by atoms with van der Waals surface area (Å²) >= 11 is 0. The molecule has 1 heterocycles. The van der Waals surface area contributed by atoms with Crippen molar-refractivity contribution in [3.8, 4) is 0 Å². The van der Waals surface area contributed by atoms with E-state index in [0.29, 0.717) is 17.7 Å². The third-order valence-corrected chi connectivity index (χ3v) is 3.06. The number of oxazole rings is 1. The van der Waals surface area contributed by atoms with Crippen LogP contribution in [0, 0.1) is 6.92 Å². The standard InChI is InChI=1S/C16H14N2O2/c1-11-3-2-4-12(7-11)8-16(19)18-13-5-6-14-15(9-13)20-10-17-14/h2-7,9-10H,8H2,1H3,(H,18,19). The predicted molar refractivity (Wildman–Crippen MR) is 77.5 cm³/mol. The summed E-state index contributed by atoms with van der Waals surface area (Å²) in [5.41, 5.74) is 4.31. The van der Waals surface area contributed by atoms with E-state index in [9.17, 15) is 4.79 Å². The van der Waals surface area contributed by atoms with Crippen LogP contribution in [0.1, 0.15) is 11.1 Å². The fourth-order valence-corrected chi connectivity index (χ4v) is 2.15. The smallest absolute Gasteiger partial charge is 0.228 e. The second-order valence-corrected chi connectivity index (χ2v) is 4.75. The SMILES string of the molecule is Cc1cccc(CC(=O)Nc2ccc3ncoc3c2)c1. The van der Waals surface area contributed by atoms with Gasteiger partial charge in [-0.15, -0.1) is 0 Å². The quantitative estimate of drug-likeness (QED) is 0.791. The first-order chi connectivity index (χ1) is 9.70. The molecule has 3 aromatic rings. The molecule has 1 amide bonds. The van der Waals surface area contributed by atoms with Crippen LogP contribution in [0.2, 0.25) is 0 Å². The van der Waals surface area contributed by atoms with Gasteiger partial charge in [0.25, 0.3) is 0 Å². The second kappa shape index (κ2) is 5.17. The van der Waals surface area contributed by atoms with E-state index < -0.39 is 0 Å². The summed E-state index contributed by atoms with van der Waals surface area (Å²) in [6.45, 7) is 2.01. The number of aromatic nitrogens is 1. The molecule has 0 aliphatic carbocycles. The van der Waals surface area contributed by atoms with Gasteiger partial charge in [-0.3, -0.25) is 4.79 Å². The van der Waals surface area contributed by atoms with Gasteiger partial charge in [0.15, 0.2) is 12.0 Å². The third-order valence-electron chi connectivity index (χ3n) is 3.06. The molecule has 0 radical (unpaired) electrons. The number of anilines is 1. The van der Waals surface area contributed by atoms with E-state index in [-0.39, 0.29) is 5.91 Å². The molecule has 4 nitrogen and oxygen atoms in total. The topological polar surface area (TPSA) is 55.1 Å². The normalized spacial score (nSPS) is 10.7. The number of carbonyl (C=O) groups excluding carboxylic acids is 1. The molecule has 0 fully saturated rings. The molecular formula is C16H14N2O2. The van der Waals surface area contributed by atoms with Crippen LogP contribution in [-0.2, 0) is 11.2 Å². The van der Waals surface area contributed by atoms with Crippen molar-refractivity contribution in [2.24, 2.45) is 0 Å². The average molecular weight is 266 g/mol. The van der Waals surface area contributed by atoms with Crippen LogP contribution in [0.25, 0.3) is 11.1 Å². The van der Waals surface area contributed by atoms with Gasteiger partial charge in [0.1, 0.15) is 5.52 Å². The largest absolute Gasteiger partial charge is 0.443 e. The van der Waals surface area contributed by atoms with Crippen molar-refractivity contribution in [2.75, 3.05) is 5.32 Å². The number of rotatable bonds is 3. The van der Waals surface area contributed by atoms with Gasteiger partial charge in [-0.1, -0.05) is 29.8 Å². The molecule has 1 N–H and O–H groups in total. The van der Waals surface area contributed by atoms with Gasteiger partial charge < -0.3 is 9.73 Å². The summed E-state index contributed by atoms with van der Waals surface area (Å²) in [6, 6.07) is 13.3. The molecule has 0 aliphatic heterocycles. The van der Waals surface area contributed by atoms with Crippen LogP contribution in [0.3, 0.4) is 0 Å². The van der Waals surface area contributed by atoms with Crippen molar-refractivity contribution in [1.29, 1.82) is 0 Å². The van der Waals surface area contributed by atoms with Crippen LogP contribution >= 0.6 is 0 Å². The average Bonchev–Trinajstić information content (AvgIpc) is 2.86. The van der Waals surface area contributed by atoms with Crippen molar-refractivity contribution in [3.05, 3.63) is 60.0 Å². The van der Waals surface area contributed by atoms with Crippen LogP contribution in [-0.4, -0.2) is 10.9 Å². The lowest BCUT2D eigenvalue weighted by atomic mass is 10.1. The molecule has 100 valence electrons. The van der Waals surface area contributed by atoms with Gasteiger partial charge in [-0.05, 0) is 24.6 Å². The number of aryl methyl sites for hydroxylation is 1. The molecule has 3 rings (SSSR count). The molecule has 0 saturated heterocycles. The van der Waals surface area contributed by atoms with Gasteiger partial charge in [-0.2, -0.15) is 0 Å². The Morgan fingerprint density at radius 1 is 1.25 bits per heavy atom. The lowest BCUT2D eigenvalue weighted by molar-refractivity contribution is -0.115. The maximum absolute atomic E-state index is 12.0. The van der Waals surface area contributed by atoms with Crippen molar-refractivity contribution < 1.29 is 9.21 Å². The molecular weight excluding hydrogens is 252 g/mol. The number of benzene rings is 2. The zero-order valence-corrected chi connectivity index (χ0v) is 11.1. The first-order valence-electron chi connectivity index (χ1n) is 6.39. The highest BCUT2D eigenvalue weighted by Crippen LogP contribution is 2.18. The van der Waals surface area contributed by atoms with Crippen LogP contribution in [0.5, 0.6) is 0 Å². The van der Waals surface area contributed by atoms with E-state index in [2.05, 4.69) is 10.3 Å². The molecule has 20 heavy (non-hydrogen) atoms. The maximum atomic E-state index is 12.0. The van der Waals surface area contributed by atoms with Gasteiger partial charge in [0, 0.05) is 11.8 Å². The Morgan fingerprint density at radius 2 is 2.15 bits per heavy atom. The molecule has 0 atom stereocenters. The fraction of sp³-hybridized carbons (Fsp3) is 0.125. The molecule has 2 aromatic carbocycles. The molecule has 1 aromatic heterocycles. The number of fused-ring (bicyclic) bond motifs is 1. The summed E-state index contributed by atoms with van der Waals surface area (Å²) in [7, 11) is 0. The van der Waals surface area contributed by atoms with E-state index in [1.165, 1.54) is 6.39 Å². The monoisotopic (exact) mass is 266 g/mol. The highest BCUT2D eigenvalue weighted by molar-refractivity contribution is 5.93. The first-order valence-corrected chi connectivity index (χ1v) is 6.39. The third kappa shape index (κ3) is 2.69. The highest BCUT2D eigenvalue weighted by atomic mass is 16.3. The van der Waals surface area contributed by atoms with E-state index in [0.717, 1.165) is 16.6 Å². The highest BCUT2D eigenvalue weighted by Gasteiger charge is 2.06. The minimum atomic E-state index is -0.0468. The summed E-state index contributed by atoms with van der Waals surface area (Å²) in [5, 5.41) is 2.87. The number of hydrogen-bond acceptors (Lipinski definition) is 3. The molecule has 0 saturated carbocycles. The number of hydrogen-bond donors (Lipinski definition) is 1. The molecule has 0 unspecified atom stereocenters. The number of amides is 1. The summed E-state index contributed by atoms with van der Waals surface area (Å²) in [4.78, 5) is 16.0. The fourth-order valence-electron chi connectivity index (χ4n) is 2.15. The molecule has 4 heteroatoms. The van der Waals surface area contributed by atoms with Gasteiger partial charge in [0.05, 0.1) is 6.42 Å². The Bertz CT molecular complexity index is 762. The Morgan fingerprint density at radius 3 is 3.00 bits per heavy atom. The second-order valence-electron chi connectivity index (χ2n) is 4.75. The van der Waals surface area contributed by atoms with E-state index >= 15 is 0 Å². The van der Waals surface area contributed by atoms with Crippen molar-refractivity contribution >= 4 is 22.7 Å². The lowest BCUT2D eigenvalue weighted by Gasteiger charge is -2.05. The molecule has 0 bridgehead atoms. The van der Waals surface area contributed by atoms with Crippen molar-refractivity contribution in [1.82, 2.24) is 4.98 Å². The summed E-state index contributed by atoms with van der Waals surface area (Å²) < 4.78 is 5.21. The van der Waals surface area contributed by atoms with Crippen LogP contribution in [0.4, 0.5) is 5.69 Å². The first kappa shape index (κ1) is 12.4. The zero-order chi connectivity index (χ0) is 13.9. The van der Waals surface area contributed by atoms with E-state index in [4.69, 9.17) is 4.42 Å². The zero-order valence-electron chi connectivity index (χ0n) is 11.1. The maximum Gasteiger partial charge on any atom is 0.228 e. The van der Waals surface area contributed by atoms with Gasteiger partial charge in [0.2, 0.25) is 5.91 Å². The van der Waals surface area contributed by atoms with Crippen molar-refractivity contribution in [2.45, 2.75) is 13.3 Å². The Labute approximate surface area is 116 Å². The van der Waals surface area contributed by atoms with Gasteiger partial charge >= 0.3 is 0 Å². The summed E-state index contributed by atoms with van der Waals surface area (Å²) in [5.74, 6) is -0.0468. The number of carbonyl (C=O) groups is 1. The van der Waals surface area contributed by atoms with Crippen LogP contribution < -0.4 is 5.32 Å². The molecule has 0 aliphatic rings. The number of nitrogens with zero attached hydrogens (tertiary/aromatic N) is 1. The number of nitrogens with one attached hydrogen (secondary N) is 1. The Hall–Kier alpha value is -2.62. The van der Waals surface area contributed by atoms with E-state index in [1.54, 1.807) is 6.07 Å². The van der Waals surface area contributed by atoms with Crippen LogP contribution in [0.15, 0.2) is 53.3 Å². The van der Waals surface area contributed by atoms with Gasteiger partial charge in [-0.25, -0.2) is 4.98 Å². The van der Waals surface area contributed by atoms with E-state index in [1.807, 2.05) is 43.3 Å². The minimum absolute atomic E-state index is 0.0468.